The number of halogens is 3. The van der Waals surface area contributed by atoms with Gasteiger partial charge in [0, 0.05) is 0 Å². The van der Waals surface area contributed by atoms with Gasteiger partial charge in [-0.3, -0.25) is 10.1 Å². The number of hydrogen-bond acceptors (Lipinski definition) is 3. The minimum Gasteiger partial charge on any atom is -0.468 e. The SMILES string of the molecule is CCC(NCC(F)(F)F)(C(=O)OC)C1CC1. The molecule has 0 spiro atoms. The van der Waals surface area contributed by atoms with E-state index >= 15 is 0 Å². The van der Waals surface area contributed by atoms with E-state index in [0.29, 0.717) is 6.42 Å². The van der Waals surface area contributed by atoms with Crippen molar-refractivity contribution in [3.63, 3.8) is 0 Å². The molecule has 16 heavy (non-hydrogen) atoms. The molecule has 0 aliphatic heterocycles. The second-order valence-electron chi connectivity index (χ2n) is 4.06. The van der Waals surface area contributed by atoms with Gasteiger partial charge in [-0.05, 0) is 25.2 Å². The lowest BCUT2D eigenvalue weighted by molar-refractivity contribution is -0.155. The Bertz CT molecular complexity index is 263. The van der Waals surface area contributed by atoms with Gasteiger partial charge in [0.1, 0.15) is 5.54 Å². The number of hydrogen-bond donors (Lipinski definition) is 1. The van der Waals surface area contributed by atoms with Crippen molar-refractivity contribution in [2.45, 2.75) is 37.9 Å². The molecule has 3 nitrogen and oxygen atoms in total. The number of methoxy groups -OCH3 is 1. The summed E-state index contributed by atoms with van der Waals surface area (Å²) in [6.07, 6.45) is -2.47. The fraction of sp³-hybridized carbons (Fsp3) is 0.900. The van der Waals surface area contributed by atoms with Gasteiger partial charge in [-0.2, -0.15) is 13.2 Å². The second kappa shape index (κ2) is 4.61. The highest BCUT2D eigenvalue weighted by molar-refractivity contribution is 5.81. The van der Waals surface area contributed by atoms with Crippen molar-refractivity contribution >= 4 is 5.97 Å². The van der Waals surface area contributed by atoms with Crippen LogP contribution < -0.4 is 5.32 Å². The third-order valence-electron chi connectivity index (χ3n) is 2.99. The van der Waals surface area contributed by atoms with Crippen molar-refractivity contribution in [3.8, 4) is 0 Å². The first-order valence-electron chi connectivity index (χ1n) is 5.26. The molecule has 0 aromatic carbocycles. The van der Waals surface area contributed by atoms with E-state index < -0.39 is 24.2 Å². The maximum absolute atomic E-state index is 12.2. The predicted octanol–water partition coefficient (Wildman–Crippen LogP) is 1.87. The topological polar surface area (TPSA) is 38.3 Å². The Hall–Kier alpha value is -0.780. The maximum Gasteiger partial charge on any atom is 0.401 e. The summed E-state index contributed by atoms with van der Waals surface area (Å²) in [7, 11) is 1.20. The fourth-order valence-electron chi connectivity index (χ4n) is 1.96. The number of rotatable bonds is 5. The molecular weight excluding hydrogens is 223 g/mol. The Balaban J connectivity index is 2.73. The maximum atomic E-state index is 12.2. The molecule has 1 rings (SSSR count). The summed E-state index contributed by atoms with van der Waals surface area (Å²) in [5.41, 5.74) is -1.16. The van der Waals surface area contributed by atoms with E-state index in [4.69, 9.17) is 0 Å². The highest BCUT2D eigenvalue weighted by Crippen LogP contribution is 2.42. The number of carbonyl (C=O) groups is 1. The number of nitrogens with one attached hydrogen (secondary N) is 1. The molecule has 1 aliphatic carbocycles. The summed E-state index contributed by atoms with van der Waals surface area (Å²) < 4.78 is 41.1. The van der Waals surface area contributed by atoms with Gasteiger partial charge in [0.15, 0.2) is 0 Å². The molecule has 94 valence electrons. The lowest BCUT2D eigenvalue weighted by Gasteiger charge is -2.31. The van der Waals surface area contributed by atoms with Crippen molar-refractivity contribution in [1.29, 1.82) is 0 Å². The largest absolute Gasteiger partial charge is 0.468 e. The summed E-state index contributed by atoms with van der Waals surface area (Å²) in [4.78, 5) is 11.6. The minimum absolute atomic E-state index is 0.0349. The van der Waals surface area contributed by atoms with Crippen LogP contribution in [-0.4, -0.2) is 31.3 Å². The van der Waals surface area contributed by atoms with E-state index in [9.17, 15) is 18.0 Å². The van der Waals surface area contributed by atoms with E-state index in [0.717, 1.165) is 12.8 Å². The van der Waals surface area contributed by atoms with Crippen LogP contribution in [0.3, 0.4) is 0 Å². The lowest BCUT2D eigenvalue weighted by Crippen LogP contribution is -2.56. The van der Waals surface area contributed by atoms with Gasteiger partial charge in [0.25, 0.3) is 0 Å². The molecule has 0 saturated heterocycles. The molecule has 0 aromatic heterocycles. The van der Waals surface area contributed by atoms with Gasteiger partial charge in [-0.15, -0.1) is 0 Å². The second-order valence-corrected chi connectivity index (χ2v) is 4.06. The Morgan fingerprint density at radius 2 is 2.00 bits per heavy atom. The smallest absolute Gasteiger partial charge is 0.401 e. The Labute approximate surface area is 92.3 Å². The van der Waals surface area contributed by atoms with Gasteiger partial charge in [0.2, 0.25) is 0 Å². The monoisotopic (exact) mass is 239 g/mol. The molecular formula is C10H16F3NO2. The van der Waals surface area contributed by atoms with Crippen LogP contribution in [0.5, 0.6) is 0 Å². The standard InChI is InChI=1S/C10H16F3NO2/c1-3-9(7-4-5-7,8(15)16-2)14-6-10(11,12)13/h7,14H,3-6H2,1-2H3. The quantitative estimate of drug-likeness (QED) is 0.744. The van der Waals surface area contributed by atoms with Crippen LogP contribution in [0.25, 0.3) is 0 Å². The molecule has 0 heterocycles. The zero-order chi connectivity index (χ0) is 12.4. The first-order chi connectivity index (χ1) is 7.35. The summed E-state index contributed by atoms with van der Waals surface area (Å²) >= 11 is 0. The van der Waals surface area contributed by atoms with E-state index in [2.05, 4.69) is 10.1 Å². The Kier molecular flexibility index (Phi) is 3.83. The Morgan fingerprint density at radius 1 is 1.44 bits per heavy atom. The first-order valence-corrected chi connectivity index (χ1v) is 5.26. The molecule has 1 fully saturated rings. The highest BCUT2D eigenvalue weighted by Gasteiger charge is 2.51. The molecule has 1 saturated carbocycles. The molecule has 1 atom stereocenters. The normalized spacial score (nSPS) is 20.3. The number of carbonyl (C=O) groups excluding carboxylic acids is 1. The molecule has 1 unspecified atom stereocenters. The van der Waals surface area contributed by atoms with Crippen LogP contribution in [0.2, 0.25) is 0 Å². The molecule has 6 heteroatoms. The zero-order valence-corrected chi connectivity index (χ0v) is 9.36. The molecule has 1 N–H and O–H groups in total. The van der Waals surface area contributed by atoms with Crippen molar-refractivity contribution in [2.24, 2.45) is 5.92 Å². The molecule has 0 aromatic rings. The third kappa shape index (κ3) is 2.87. The van der Waals surface area contributed by atoms with Crippen LogP contribution >= 0.6 is 0 Å². The van der Waals surface area contributed by atoms with E-state index in [1.807, 2.05) is 0 Å². The summed E-state index contributed by atoms with van der Waals surface area (Å²) in [6, 6.07) is 0. The average molecular weight is 239 g/mol. The first kappa shape index (κ1) is 13.3. The summed E-state index contributed by atoms with van der Waals surface area (Å²) in [5, 5.41) is 2.34. The van der Waals surface area contributed by atoms with Crippen LogP contribution in [0.15, 0.2) is 0 Å². The van der Waals surface area contributed by atoms with Crippen molar-refractivity contribution in [3.05, 3.63) is 0 Å². The van der Waals surface area contributed by atoms with E-state index in [1.54, 1.807) is 6.92 Å². The zero-order valence-electron chi connectivity index (χ0n) is 9.36. The van der Waals surface area contributed by atoms with Crippen LogP contribution in [-0.2, 0) is 9.53 Å². The summed E-state index contributed by atoms with van der Waals surface area (Å²) in [5.74, 6) is -0.631. The highest BCUT2D eigenvalue weighted by atomic mass is 19.4. The van der Waals surface area contributed by atoms with Gasteiger partial charge >= 0.3 is 12.1 Å². The molecule has 1 aliphatic rings. The van der Waals surface area contributed by atoms with Gasteiger partial charge in [0.05, 0.1) is 13.7 Å². The third-order valence-corrected chi connectivity index (χ3v) is 2.99. The van der Waals surface area contributed by atoms with Crippen LogP contribution in [0.1, 0.15) is 26.2 Å². The van der Waals surface area contributed by atoms with Crippen LogP contribution in [0, 0.1) is 5.92 Å². The fourth-order valence-corrected chi connectivity index (χ4v) is 1.96. The Morgan fingerprint density at radius 3 is 2.31 bits per heavy atom. The van der Waals surface area contributed by atoms with Gasteiger partial charge in [-0.1, -0.05) is 6.92 Å². The molecule has 0 bridgehead atoms. The number of esters is 1. The van der Waals surface area contributed by atoms with Crippen molar-refractivity contribution in [2.75, 3.05) is 13.7 Å². The average Bonchev–Trinajstić information content (AvgIpc) is 3.01. The molecule has 0 radical (unpaired) electrons. The van der Waals surface area contributed by atoms with Gasteiger partial charge in [-0.25, -0.2) is 0 Å². The van der Waals surface area contributed by atoms with E-state index in [-0.39, 0.29) is 5.92 Å². The van der Waals surface area contributed by atoms with Crippen molar-refractivity contribution < 1.29 is 22.7 Å². The summed E-state index contributed by atoms with van der Waals surface area (Å²) in [6.45, 7) is 0.533. The lowest BCUT2D eigenvalue weighted by atomic mass is 9.90. The van der Waals surface area contributed by atoms with Gasteiger partial charge < -0.3 is 4.74 Å². The number of alkyl halides is 3. The van der Waals surface area contributed by atoms with E-state index in [1.165, 1.54) is 7.11 Å². The van der Waals surface area contributed by atoms with Crippen LogP contribution in [0.4, 0.5) is 13.2 Å². The number of ether oxygens (including phenoxy) is 1. The molecule has 0 amide bonds. The predicted molar refractivity (Wildman–Crippen MR) is 51.8 cm³/mol. The van der Waals surface area contributed by atoms with Crippen molar-refractivity contribution in [1.82, 2.24) is 5.32 Å². The minimum atomic E-state index is -4.32.